The Balaban J connectivity index is 0. The van der Waals surface area contributed by atoms with Crippen molar-refractivity contribution in [3.05, 3.63) is 0 Å². The average molecular weight is 183 g/mol. The van der Waals surface area contributed by atoms with Gasteiger partial charge in [-0.15, -0.1) is 21.0 Å². The summed E-state index contributed by atoms with van der Waals surface area (Å²) < 4.78 is 0. The fraction of sp³-hybridized carbons (Fsp3) is 1.00. The molecule has 0 rings (SSSR count). The molecule has 0 nitrogen and oxygen atoms in total. The third-order valence-electron chi connectivity index (χ3n) is 1.04. The van der Waals surface area contributed by atoms with Crippen LogP contribution in [0.3, 0.4) is 0 Å². The van der Waals surface area contributed by atoms with Gasteiger partial charge in [0, 0.05) is 0 Å². The SMILES string of the molecule is CC(C)PCC(C)(C)C.Cl. The number of rotatable bonds is 2. The van der Waals surface area contributed by atoms with Gasteiger partial charge in [-0.05, 0) is 17.2 Å². The van der Waals surface area contributed by atoms with E-state index in [1.165, 1.54) is 6.16 Å². The van der Waals surface area contributed by atoms with E-state index in [0.717, 1.165) is 14.2 Å². The van der Waals surface area contributed by atoms with E-state index >= 15 is 0 Å². The van der Waals surface area contributed by atoms with Crippen molar-refractivity contribution in [2.24, 2.45) is 5.41 Å². The lowest BCUT2D eigenvalue weighted by Crippen LogP contribution is -2.08. The van der Waals surface area contributed by atoms with E-state index in [9.17, 15) is 0 Å². The van der Waals surface area contributed by atoms with Gasteiger partial charge in [0.1, 0.15) is 0 Å². The van der Waals surface area contributed by atoms with Crippen LogP contribution in [0.5, 0.6) is 0 Å². The van der Waals surface area contributed by atoms with Gasteiger partial charge >= 0.3 is 0 Å². The highest BCUT2D eigenvalue weighted by atomic mass is 35.5. The summed E-state index contributed by atoms with van der Waals surface area (Å²) in [6.45, 7) is 11.5. The van der Waals surface area contributed by atoms with Crippen molar-refractivity contribution in [1.82, 2.24) is 0 Å². The van der Waals surface area contributed by atoms with Gasteiger partial charge in [0.25, 0.3) is 0 Å². The molecule has 0 saturated carbocycles. The molecule has 0 N–H and O–H groups in total. The summed E-state index contributed by atoms with van der Waals surface area (Å²) in [5, 5.41) is 0. The molecule has 0 bridgehead atoms. The van der Waals surface area contributed by atoms with Crippen LogP contribution in [0.15, 0.2) is 0 Å². The Bertz CT molecular complexity index is 73.8. The quantitative estimate of drug-likeness (QED) is 0.573. The van der Waals surface area contributed by atoms with Crippen molar-refractivity contribution in [1.29, 1.82) is 0 Å². The summed E-state index contributed by atoms with van der Waals surface area (Å²) in [5.41, 5.74) is 1.44. The average Bonchev–Trinajstić information content (AvgIpc) is 1.59. The maximum Gasteiger partial charge on any atom is -0.0293 e. The molecular formula is C8H20ClP. The van der Waals surface area contributed by atoms with Gasteiger partial charge in [-0.1, -0.05) is 34.6 Å². The van der Waals surface area contributed by atoms with Crippen molar-refractivity contribution >= 4 is 21.0 Å². The summed E-state index contributed by atoms with van der Waals surface area (Å²) in [6, 6.07) is 0. The van der Waals surface area contributed by atoms with Crippen LogP contribution in [0.2, 0.25) is 0 Å². The Labute approximate surface area is 73.4 Å². The predicted octanol–water partition coefficient (Wildman–Crippen LogP) is 3.54. The van der Waals surface area contributed by atoms with Gasteiger partial charge in [-0.25, -0.2) is 0 Å². The predicted molar refractivity (Wildman–Crippen MR) is 55.0 cm³/mol. The van der Waals surface area contributed by atoms with E-state index in [4.69, 9.17) is 0 Å². The van der Waals surface area contributed by atoms with Crippen LogP contribution >= 0.6 is 21.0 Å². The molecule has 0 spiro atoms. The van der Waals surface area contributed by atoms with Crippen molar-refractivity contribution in [3.63, 3.8) is 0 Å². The molecular weight excluding hydrogens is 163 g/mol. The molecule has 0 fully saturated rings. The van der Waals surface area contributed by atoms with Crippen LogP contribution in [0.25, 0.3) is 0 Å². The molecule has 1 atom stereocenters. The van der Waals surface area contributed by atoms with Crippen LogP contribution in [-0.4, -0.2) is 11.8 Å². The van der Waals surface area contributed by atoms with Crippen molar-refractivity contribution < 1.29 is 0 Å². The molecule has 2 heteroatoms. The highest BCUT2D eigenvalue weighted by Crippen LogP contribution is 2.28. The first-order chi connectivity index (χ1) is 3.92. The maximum absolute atomic E-state index is 2.31. The normalized spacial score (nSPS) is 12.6. The highest BCUT2D eigenvalue weighted by molar-refractivity contribution is 7.38. The Morgan fingerprint density at radius 3 is 1.70 bits per heavy atom. The van der Waals surface area contributed by atoms with Gasteiger partial charge in [0.2, 0.25) is 0 Å². The fourth-order valence-electron chi connectivity index (χ4n) is 0.510. The number of halogens is 1. The van der Waals surface area contributed by atoms with Crippen LogP contribution in [-0.2, 0) is 0 Å². The third-order valence-corrected chi connectivity index (χ3v) is 3.12. The van der Waals surface area contributed by atoms with Crippen molar-refractivity contribution in [3.8, 4) is 0 Å². The highest BCUT2D eigenvalue weighted by Gasteiger charge is 2.09. The second kappa shape index (κ2) is 5.38. The first kappa shape index (κ1) is 13.3. The zero-order valence-electron chi connectivity index (χ0n) is 7.69. The summed E-state index contributed by atoms with van der Waals surface area (Å²) >= 11 is 0. The lowest BCUT2D eigenvalue weighted by Gasteiger charge is -2.18. The molecule has 0 aromatic rings. The zero-order valence-corrected chi connectivity index (χ0v) is 9.51. The molecule has 0 heterocycles. The van der Waals surface area contributed by atoms with Crippen molar-refractivity contribution in [2.75, 3.05) is 6.16 Å². The molecule has 0 aliphatic rings. The molecule has 1 unspecified atom stereocenters. The van der Waals surface area contributed by atoms with E-state index in [0.29, 0.717) is 5.41 Å². The van der Waals surface area contributed by atoms with E-state index in [-0.39, 0.29) is 12.4 Å². The molecule has 0 radical (unpaired) electrons. The first-order valence-electron chi connectivity index (χ1n) is 3.65. The summed E-state index contributed by atoms with van der Waals surface area (Å²) in [7, 11) is 1.14. The first-order valence-corrected chi connectivity index (χ1v) is 4.93. The minimum Gasteiger partial charge on any atom is -0.147 e. The molecule has 0 aromatic heterocycles. The van der Waals surface area contributed by atoms with Gasteiger partial charge in [0.05, 0.1) is 0 Å². The molecule has 64 valence electrons. The molecule has 10 heavy (non-hydrogen) atoms. The summed E-state index contributed by atoms with van der Waals surface area (Å²) in [4.78, 5) is 0. The van der Waals surface area contributed by atoms with Gasteiger partial charge in [-0.3, -0.25) is 0 Å². The monoisotopic (exact) mass is 182 g/mol. The third kappa shape index (κ3) is 11.5. The van der Waals surface area contributed by atoms with E-state index in [2.05, 4.69) is 34.6 Å². The van der Waals surface area contributed by atoms with E-state index in [1.54, 1.807) is 0 Å². The van der Waals surface area contributed by atoms with Crippen LogP contribution < -0.4 is 0 Å². The molecule has 0 amide bonds. The summed E-state index contributed by atoms with van der Waals surface area (Å²) in [6.07, 6.45) is 1.38. The van der Waals surface area contributed by atoms with Gasteiger partial charge in [0.15, 0.2) is 0 Å². The van der Waals surface area contributed by atoms with Gasteiger partial charge in [-0.2, -0.15) is 0 Å². The smallest absolute Gasteiger partial charge is 0.0293 e. The molecule has 0 aromatic carbocycles. The second-order valence-electron chi connectivity index (χ2n) is 4.10. The number of hydrogen-bond acceptors (Lipinski definition) is 0. The zero-order chi connectivity index (χ0) is 7.49. The summed E-state index contributed by atoms with van der Waals surface area (Å²) in [5.74, 6) is 0. The maximum atomic E-state index is 2.31. The van der Waals surface area contributed by atoms with Crippen LogP contribution in [0, 0.1) is 5.41 Å². The Hall–Kier alpha value is 0.720. The lowest BCUT2D eigenvalue weighted by molar-refractivity contribution is 0.478. The Kier molecular flexibility index (Phi) is 7.17. The minimum atomic E-state index is 0. The van der Waals surface area contributed by atoms with E-state index < -0.39 is 0 Å². The van der Waals surface area contributed by atoms with Gasteiger partial charge < -0.3 is 0 Å². The van der Waals surface area contributed by atoms with Crippen LogP contribution in [0.4, 0.5) is 0 Å². The Morgan fingerprint density at radius 2 is 1.60 bits per heavy atom. The Morgan fingerprint density at radius 1 is 1.20 bits per heavy atom. The van der Waals surface area contributed by atoms with Crippen molar-refractivity contribution in [2.45, 2.75) is 40.3 Å². The number of hydrogen-bond donors (Lipinski definition) is 0. The molecule has 0 saturated heterocycles. The standard InChI is InChI=1S/C8H19P.ClH/c1-7(2)9-6-8(3,4)5;/h7,9H,6H2,1-5H3;1H. The topological polar surface area (TPSA) is 0 Å². The molecule has 0 aliphatic heterocycles. The largest absolute Gasteiger partial charge is 0.147 e. The fourth-order valence-corrected chi connectivity index (χ4v) is 1.53. The van der Waals surface area contributed by atoms with E-state index in [1.807, 2.05) is 0 Å². The second-order valence-corrected chi connectivity index (χ2v) is 6.01. The lowest BCUT2D eigenvalue weighted by atomic mass is 10.0. The van der Waals surface area contributed by atoms with Crippen LogP contribution in [0.1, 0.15) is 34.6 Å². The minimum absolute atomic E-state index is 0. The molecule has 0 aliphatic carbocycles.